The third-order valence-electron chi connectivity index (χ3n) is 3.86. The van der Waals surface area contributed by atoms with Gasteiger partial charge in [0, 0.05) is 28.7 Å². The van der Waals surface area contributed by atoms with E-state index in [1.54, 1.807) is 66.9 Å². The number of hydrogen-bond acceptors (Lipinski definition) is 5. The van der Waals surface area contributed by atoms with Crippen LogP contribution in [-0.2, 0) is 0 Å². The van der Waals surface area contributed by atoms with Crippen molar-refractivity contribution in [2.75, 3.05) is 10.6 Å². The van der Waals surface area contributed by atoms with Crippen molar-refractivity contribution in [3.05, 3.63) is 83.6 Å². The van der Waals surface area contributed by atoms with Crippen LogP contribution in [0.15, 0.2) is 66.9 Å². The number of benzene rings is 2. The molecule has 1 heterocycles. The minimum atomic E-state index is -0.280. The second-order valence-corrected chi connectivity index (χ2v) is 5.83. The SMILES string of the molecule is CC(=O)c1ccc(Nc2cc(C(=O)Nc3ccc(C#N)cc3)ccn2)cc1. The number of nitriles is 1. The zero-order chi connectivity index (χ0) is 19.2. The number of carbonyl (C=O) groups excluding carboxylic acids is 2. The van der Waals surface area contributed by atoms with E-state index < -0.39 is 0 Å². The number of ketones is 1. The zero-order valence-electron chi connectivity index (χ0n) is 14.6. The number of nitrogens with one attached hydrogen (secondary N) is 2. The maximum Gasteiger partial charge on any atom is 0.255 e. The van der Waals surface area contributed by atoms with Crippen LogP contribution in [0.3, 0.4) is 0 Å². The molecule has 1 amide bonds. The van der Waals surface area contributed by atoms with Gasteiger partial charge in [-0.2, -0.15) is 5.26 Å². The summed E-state index contributed by atoms with van der Waals surface area (Å²) in [6, 6.07) is 18.9. The van der Waals surface area contributed by atoms with Crippen LogP contribution in [0, 0.1) is 11.3 Å². The number of aromatic nitrogens is 1. The monoisotopic (exact) mass is 356 g/mol. The highest BCUT2D eigenvalue weighted by Gasteiger charge is 2.08. The van der Waals surface area contributed by atoms with Crippen molar-refractivity contribution in [2.45, 2.75) is 6.92 Å². The molecule has 6 nitrogen and oxygen atoms in total. The first kappa shape index (κ1) is 17.8. The molecule has 0 saturated carbocycles. The minimum absolute atomic E-state index is 0.00106. The van der Waals surface area contributed by atoms with E-state index in [-0.39, 0.29) is 11.7 Å². The molecule has 6 heteroatoms. The average molecular weight is 356 g/mol. The zero-order valence-corrected chi connectivity index (χ0v) is 14.6. The van der Waals surface area contributed by atoms with Crippen molar-refractivity contribution >= 4 is 28.9 Å². The number of amides is 1. The molecule has 0 bridgehead atoms. The molecular weight excluding hydrogens is 340 g/mol. The molecule has 0 spiro atoms. The summed E-state index contributed by atoms with van der Waals surface area (Å²) in [5, 5.41) is 14.7. The Bertz CT molecular complexity index is 1020. The van der Waals surface area contributed by atoms with Crippen LogP contribution < -0.4 is 10.6 Å². The van der Waals surface area contributed by atoms with Crippen LogP contribution in [0.2, 0.25) is 0 Å². The minimum Gasteiger partial charge on any atom is -0.340 e. The Morgan fingerprint density at radius 2 is 1.59 bits per heavy atom. The Balaban J connectivity index is 1.71. The molecule has 27 heavy (non-hydrogen) atoms. The second kappa shape index (κ2) is 7.93. The lowest BCUT2D eigenvalue weighted by atomic mass is 10.1. The summed E-state index contributed by atoms with van der Waals surface area (Å²) < 4.78 is 0. The van der Waals surface area contributed by atoms with Gasteiger partial charge in [-0.3, -0.25) is 9.59 Å². The highest BCUT2D eigenvalue weighted by molar-refractivity contribution is 6.04. The van der Waals surface area contributed by atoms with E-state index in [9.17, 15) is 9.59 Å². The fourth-order valence-corrected chi connectivity index (χ4v) is 2.41. The average Bonchev–Trinajstić information content (AvgIpc) is 2.69. The first-order valence-electron chi connectivity index (χ1n) is 8.21. The lowest BCUT2D eigenvalue weighted by Crippen LogP contribution is -2.12. The van der Waals surface area contributed by atoms with E-state index in [0.717, 1.165) is 5.69 Å². The Kier molecular flexibility index (Phi) is 5.24. The lowest BCUT2D eigenvalue weighted by molar-refractivity contribution is 0.101. The van der Waals surface area contributed by atoms with Crippen LogP contribution in [0.4, 0.5) is 17.2 Å². The largest absolute Gasteiger partial charge is 0.340 e. The maximum atomic E-state index is 12.4. The maximum absolute atomic E-state index is 12.4. The Morgan fingerprint density at radius 3 is 2.22 bits per heavy atom. The number of pyridine rings is 1. The Morgan fingerprint density at radius 1 is 0.926 bits per heavy atom. The van der Waals surface area contributed by atoms with E-state index in [2.05, 4.69) is 15.6 Å². The molecule has 0 atom stereocenters. The number of nitrogens with zero attached hydrogens (tertiary/aromatic N) is 2. The van der Waals surface area contributed by atoms with E-state index in [1.165, 1.54) is 6.92 Å². The standard InChI is InChI=1S/C21H16N4O2/c1-14(26)16-4-8-18(9-5-16)24-20-12-17(10-11-23-20)21(27)25-19-6-2-15(13-22)3-7-19/h2-12H,1H3,(H,23,24)(H,25,27). The molecule has 3 rings (SSSR count). The summed E-state index contributed by atoms with van der Waals surface area (Å²) in [5.41, 5.74) is 2.96. The third-order valence-corrected chi connectivity index (χ3v) is 3.86. The van der Waals surface area contributed by atoms with E-state index in [0.29, 0.717) is 28.2 Å². The van der Waals surface area contributed by atoms with Crippen molar-refractivity contribution in [1.82, 2.24) is 4.98 Å². The first-order chi connectivity index (χ1) is 13.0. The predicted molar refractivity (Wildman–Crippen MR) is 103 cm³/mol. The van der Waals surface area contributed by atoms with Crippen molar-refractivity contribution in [3.8, 4) is 6.07 Å². The van der Waals surface area contributed by atoms with Crippen LogP contribution >= 0.6 is 0 Å². The van der Waals surface area contributed by atoms with Gasteiger partial charge in [-0.05, 0) is 67.6 Å². The van der Waals surface area contributed by atoms with Crippen molar-refractivity contribution < 1.29 is 9.59 Å². The summed E-state index contributed by atoms with van der Waals surface area (Å²) in [7, 11) is 0. The molecule has 132 valence electrons. The van der Waals surface area contributed by atoms with Gasteiger partial charge in [0.15, 0.2) is 5.78 Å². The van der Waals surface area contributed by atoms with Crippen molar-refractivity contribution in [2.24, 2.45) is 0 Å². The van der Waals surface area contributed by atoms with E-state index in [1.807, 2.05) is 6.07 Å². The van der Waals surface area contributed by atoms with Gasteiger partial charge in [-0.1, -0.05) is 0 Å². The van der Waals surface area contributed by atoms with E-state index in [4.69, 9.17) is 5.26 Å². The molecule has 1 aromatic heterocycles. The molecule has 0 fully saturated rings. The van der Waals surface area contributed by atoms with Gasteiger partial charge in [0.2, 0.25) is 0 Å². The number of carbonyl (C=O) groups is 2. The molecular formula is C21H16N4O2. The van der Waals surface area contributed by atoms with Crippen molar-refractivity contribution in [3.63, 3.8) is 0 Å². The predicted octanol–water partition coefficient (Wildman–Crippen LogP) is 4.15. The molecule has 2 aromatic carbocycles. The highest BCUT2D eigenvalue weighted by atomic mass is 16.1. The smallest absolute Gasteiger partial charge is 0.255 e. The molecule has 0 aliphatic heterocycles. The topological polar surface area (TPSA) is 94.9 Å². The summed E-state index contributed by atoms with van der Waals surface area (Å²) >= 11 is 0. The molecule has 2 N–H and O–H groups in total. The van der Waals surface area contributed by atoms with Gasteiger partial charge < -0.3 is 10.6 Å². The quantitative estimate of drug-likeness (QED) is 0.670. The lowest BCUT2D eigenvalue weighted by Gasteiger charge is -2.09. The summed E-state index contributed by atoms with van der Waals surface area (Å²) in [4.78, 5) is 28.0. The van der Waals surface area contributed by atoms with Gasteiger partial charge in [0.25, 0.3) is 5.91 Å². The molecule has 0 aliphatic rings. The van der Waals surface area contributed by atoms with Gasteiger partial charge in [0.1, 0.15) is 5.82 Å². The first-order valence-corrected chi connectivity index (χ1v) is 8.21. The number of anilines is 3. The van der Waals surface area contributed by atoms with E-state index >= 15 is 0 Å². The van der Waals surface area contributed by atoms with Crippen LogP contribution in [0.5, 0.6) is 0 Å². The molecule has 0 radical (unpaired) electrons. The fraction of sp³-hybridized carbons (Fsp3) is 0.0476. The third kappa shape index (κ3) is 4.55. The summed E-state index contributed by atoms with van der Waals surface area (Å²) in [6.45, 7) is 1.51. The van der Waals surface area contributed by atoms with Crippen LogP contribution in [-0.4, -0.2) is 16.7 Å². The van der Waals surface area contributed by atoms with Crippen molar-refractivity contribution in [1.29, 1.82) is 5.26 Å². The number of hydrogen-bond donors (Lipinski definition) is 2. The van der Waals surface area contributed by atoms with Gasteiger partial charge in [0.05, 0.1) is 11.6 Å². The van der Waals surface area contributed by atoms with Crippen LogP contribution in [0.25, 0.3) is 0 Å². The highest BCUT2D eigenvalue weighted by Crippen LogP contribution is 2.17. The van der Waals surface area contributed by atoms with Crippen LogP contribution in [0.1, 0.15) is 33.2 Å². The molecule has 3 aromatic rings. The normalized spacial score (nSPS) is 9.93. The molecule has 0 aliphatic carbocycles. The summed E-state index contributed by atoms with van der Waals surface area (Å²) in [6.07, 6.45) is 1.54. The van der Waals surface area contributed by atoms with Gasteiger partial charge in [-0.25, -0.2) is 4.98 Å². The Hall–Kier alpha value is -3.98. The van der Waals surface area contributed by atoms with Gasteiger partial charge in [-0.15, -0.1) is 0 Å². The summed E-state index contributed by atoms with van der Waals surface area (Å²) in [5.74, 6) is 0.233. The van der Waals surface area contributed by atoms with Gasteiger partial charge >= 0.3 is 0 Å². The fourth-order valence-electron chi connectivity index (χ4n) is 2.41. The number of rotatable bonds is 5. The Labute approximate surface area is 156 Å². The second-order valence-electron chi connectivity index (χ2n) is 5.83. The molecule has 0 unspecified atom stereocenters. The molecule has 0 saturated heterocycles. The number of Topliss-reactive ketones (excluding diaryl/α,β-unsaturated/α-hetero) is 1.